The summed E-state index contributed by atoms with van der Waals surface area (Å²) >= 11 is 0. The van der Waals surface area contributed by atoms with Crippen molar-refractivity contribution in [2.75, 3.05) is 36.0 Å². The highest BCUT2D eigenvalue weighted by molar-refractivity contribution is 6.05. The smallest absolute Gasteiger partial charge is 0.315 e. The van der Waals surface area contributed by atoms with Gasteiger partial charge in [0.05, 0.1) is 18.1 Å². The summed E-state index contributed by atoms with van der Waals surface area (Å²) in [6.45, 7) is 3.85. The highest BCUT2D eigenvalue weighted by atomic mass is 16.3. The average Bonchev–Trinajstić information content (AvgIpc) is 3.91. The highest BCUT2D eigenvalue weighted by Gasteiger charge is 2.53. The van der Waals surface area contributed by atoms with Crippen LogP contribution in [0.4, 0.5) is 16.6 Å². The Bertz CT molecular complexity index is 1960. The molecule has 4 aromatic rings. The molecule has 2 aliphatic heterocycles. The summed E-state index contributed by atoms with van der Waals surface area (Å²) < 4.78 is 1.75. The van der Waals surface area contributed by atoms with E-state index in [-0.39, 0.29) is 29.9 Å². The standard InChI is InChI=1S/C39H44N10O4/c1-2-42-35(52)28-22-30(33(51)32(28)50)49-36-31(44-38(49)47-20-12-13-21-47)34(43-23-29(25-14-6-3-7-15-25)26-16-8-4-9-17-26)45-39(46-37(41)53,48(36)24-40)27-18-10-5-11-19-27/h3-11,14-19,28-30,32-33,50-51H,2,12-13,20-23H2,1H3,(H,42,52)(H,43,45)(H3,41,46,53)/t28-,30+,32+,33-,39-/m0/s1. The zero-order valence-corrected chi connectivity index (χ0v) is 29.5. The van der Waals surface area contributed by atoms with Gasteiger partial charge in [-0.15, -0.1) is 0 Å². The number of nitrogens with one attached hydrogen (secondary N) is 3. The number of amidine groups is 1. The number of carbonyl (C=O) groups excluding carboxylic acids is 2. The number of hydrogen-bond donors (Lipinski definition) is 6. The number of nitrogens with zero attached hydrogens (tertiary/aromatic N) is 6. The summed E-state index contributed by atoms with van der Waals surface area (Å²) in [7, 11) is 0. The molecule has 0 unspecified atom stereocenters. The van der Waals surface area contributed by atoms with Crippen molar-refractivity contribution in [2.24, 2.45) is 16.6 Å². The van der Waals surface area contributed by atoms with Gasteiger partial charge in [-0.2, -0.15) is 5.26 Å². The third-order valence-corrected chi connectivity index (χ3v) is 10.4. The fraction of sp³-hybridized carbons (Fsp3) is 0.359. The quantitative estimate of drug-likeness (QED) is 0.134. The van der Waals surface area contributed by atoms with E-state index in [0.717, 1.165) is 24.0 Å². The Kier molecular flexibility index (Phi) is 10.0. The summed E-state index contributed by atoms with van der Waals surface area (Å²) in [5, 5.41) is 43.2. The Labute approximate surface area is 308 Å². The van der Waals surface area contributed by atoms with Crippen molar-refractivity contribution >= 4 is 29.5 Å². The predicted molar refractivity (Wildman–Crippen MR) is 200 cm³/mol. The van der Waals surface area contributed by atoms with Crippen LogP contribution in [0.3, 0.4) is 0 Å². The minimum atomic E-state index is -1.88. The minimum absolute atomic E-state index is 0.0721. The number of aliphatic imine (C=N–C) groups is 1. The zero-order valence-electron chi connectivity index (χ0n) is 29.5. The molecule has 7 N–H and O–H groups in total. The van der Waals surface area contributed by atoms with Gasteiger partial charge in [0, 0.05) is 37.7 Å². The average molecular weight is 717 g/mol. The van der Waals surface area contributed by atoms with Crippen LogP contribution in [0.5, 0.6) is 0 Å². The molecule has 1 saturated carbocycles. The van der Waals surface area contributed by atoms with Gasteiger partial charge < -0.3 is 31.5 Å². The number of rotatable bonds is 10. The number of hydrogen-bond acceptors (Lipinski definition) is 10. The number of fused-ring (bicyclic) bond motifs is 1. The maximum atomic E-state index is 13.1. The Morgan fingerprint density at radius 1 is 0.962 bits per heavy atom. The number of primary amides is 1. The summed E-state index contributed by atoms with van der Waals surface area (Å²) in [5.41, 5.74) is 8.75. The number of aliphatic hydroxyl groups excluding tert-OH is 2. The molecule has 7 rings (SSSR count). The van der Waals surface area contributed by atoms with Crippen LogP contribution in [0.25, 0.3) is 0 Å². The molecule has 3 aliphatic rings. The summed E-state index contributed by atoms with van der Waals surface area (Å²) in [4.78, 5) is 39.7. The Hall–Kier alpha value is -5.91. The van der Waals surface area contributed by atoms with Gasteiger partial charge in [-0.3, -0.25) is 14.7 Å². The maximum Gasteiger partial charge on any atom is 0.315 e. The van der Waals surface area contributed by atoms with Crippen molar-refractivity contribution in [2.45, 2.75) is 56.1 Å². The monoisotopic (exact) mass is 716 g/mol. The number of amides is 3. The first-order chi connectivity index (χ1) is 25.8. The molecule has 53 heavy (non-hydrogen) atoms. The lowest BCUT2D eigenvalue weighted by Gasteiger charge is -2.42. The zero-order chi connectivity index (χ0) is 37.1. The molecule has 0 bridgehead atoms. The SMILES string of the molecule is CCNC(=O)[C@H]1C[C@@H](n2c(N3CCCC3)nc3c2N(C#N)[C@@](NC(N)=O)(c2ccccc2)N=C3NCC(c2ccccc2)c2ccccc2)[C@H](O)[C@@H]1O. The van der Waals surface area contributed by atoms with Crippen molar-refractivity contribution in [3.8, 4) is 6.19 Å². The second-order valence-corrected chi connectivity index (χ2v) is 13.6. The van der Waals surface area contributed by atoms with E-state index in [1.165, 1.54) is 4.90 Å². The number of aliphatic hydroxyl groups is 2. The first kappa shape index (κ1) is 35.5. The molecule has 1 saturated heterocycles. The molecule has 3 amide bonds. The number of imidazole rings is 1. The third-order valence-electron chi connectivity index (χ3n) is 10.4. The molecule has 1 aliphatic carbocycles. The van der Waals surface area contributed by atoms with Crippen molar-refractivity contribution < 1.29 is 19.8 Å². The number of nitrogens with two attached hydrogens (primary N) is 1. The molecule has 0 radical (unpaired) electrons. The lowest BCUT2D eigenvalue weighted by Crippen LogP contribution is -2.60. The van der Waals surface area contributed by atoms with E-state index in [9.17, 15) is 25.1 Å². The van der Waals surface area contributed by atoms with Gasteiger partial charge in [0.15, 0.2) is 23.5 Å². The number of urea groups is 1. The Morgan fingerprint density at radius 3 is 2.13 bits per heavy atom. The topological polar surface area (TPSA) is 197 Å². The van der Waals surface area contributed by atoms with Gasteiger partial charge in [0.2, 0.25) is 11.9 Å². The molecule has 14 heteroatoms. The number of nitriles is 1. The van der Waals surface area contributed by atoms with Crippen molar-refractivity contribution in [1.29, 1.82) is 5.26 Å². The van der Waals surface area contributed by atoms with Gasteiger partial charge in [0.25, 0.3) is 5.79 Å². The second kappa shape index (κ2) is 15.0. The molecule has 274 valence electrons. The molecular weight excluding hydrogens is 672 g/mol. The number of carbonyl (C=O) groups is 2. The normalized spacial score (nSPS) is 23.6. The van der Waals surface area contributed by atoms with Crippen molar-refractivity contribution in [1.82, 2.24) is 25.5 Å². The summed E-state index contributed by atoms with van der Waals surface area (Å²) in [6.07, 6.45) is 1.40. The van der Waals surface area contributed by atoms with Gasteiger partial charge in [-0.05, 0) is 37.3 Å². The highest BCUT2D eigenvalue weighted by Crippen LogP contribution is 2.47. The number of anilines is 2. The molecule has 3 heterocycles. The molecule has 5 atom stereocenters. The first-order valence-electron chi connectivity index (χ1n) is 18.1. The van der Waals surface area contributed by atoms with Gasteiger partial charge in [-0.1, -0.05) is 91.0 Å². The number of aromatic nitrogens is 2. The maximum absolute atomic E-state index is 13.1. The summed E-state index contributed by atoms with van der Waals surface area (Å²) in [5.74, 6) is -2.32. The Morgan fingerprint density at radius 2 is 1.57 bits per heavy atom. The van der Waals surface area contributed by atoms with Crippen LogP contribution in [-0.2, 0) is 10.6 Å². The minimum Gasteiger partial charge on any atom is -0.390 e. The van der Waals surface area contributed by atoms with Crippen molar-refractivity contribution in [3.63, 3.8) is 0 Å². The Balaban J connectivity index is 1.44. The number of benzene rings is 3. The molecule has 14 nitrogen and oxygen atoms in total. The molecule has 2 fully saturated rings. The molecule has 1 aromatic heterocycles. The fourth-order valence-corrected chi connectivity index (χ4v) is 7.91. The lowest BCUT2D eigenvalue weighted by atomic mass is 9.91. The van der Waals surface area contributed by atoms with Crippen LogP contribution in [0.2, 0.25) is 0 Å². The first-order valence-corrected chi connectivity index (χ1v) is 18.1. The van der Waals surface area contributed by atoms with E-state index in [1.54, 1.807) is 35.8 Å². The second-order valence-electron chi connectivity index (χ2n) is 13.6. The molecular formula is C39H44N10O4. The van der Waals surface area contributed by atoms with E-state index in [0.29, 0.717) is 43.4 Å². The van der Waals surface area contributed by atoms with Crippen LogP contribution in [0, 0.1) is 17.4 Å². The third kappa shape index (κ3) is 6.54. The van der Waals surface area contributed by atoms with Crippen LogP contribution in [0.15, 0.2) is 96.0 Å². The predicted octanol–water partition coefficient (Wildman–Crippen LogP) is 2.85. The summed E-state index contributed by atoms with van der Waals surface area (Å²) in [6, 6.07) is 27.2. The van der Waals surface area contributed by atoms with Gasteiger partial charge in [0.1, 0.15) is 6.10 Å². The van der Waals surface area contributed by atoms with E-state index >= 15 is 0 Å². The van der Waals surface area contributed by atoms with Gasteiger partial charge >= 0.3 is 6.03 Å². The van der Waals surface area contributed by atoms with E-state index in [1.807, 2.05) is 42.5 Å². The largest absolute Gasteiger partial charge is 0.390 e. The fourth-order valence-electron chi connectivity index (χ4n) is 7.91. The molecule has 0 spiro atoms. The van der Waals surface area contributed by atoms with Gasteiger partial charge in [-0.25, -0.2) is 19.7 Å². The van der Waals surface area contributed by atoms with Crippen LogP contribution < -0.4 is 31.5 Å². The lowest BCUT2D eigenvalue weighted by molar-refractivity contribution is -0.128. The van der Waals surface area contributed by atoms with Crippen LogP contribution in [0.1, 0.15) is 60.5 Å². The van der Waals surface area contributed by atoms with Crippen LogP contribution in [-0.4, -0.2) is 75.9 Å². The van der Waals surface area contributed by atoms with Crippen LogP contribution >= 0.6 is 0 Å². The molecule has 3 aromatic carbocycles. The van der Waals surface area contributed by atoms with E-state index in [2.05, 4.69) is 51.3 Å². The van der Waals surface area contributed by atoms with E-state index < -0.39 is 36.0 Å². The van der Waals surface area contributed by atoms with Crippen molar-refractivity contribution in [3.05, 3.63) is 113 Å². The van der Waals surface area contributed by atoms with E-state index in [4.69, 9.17) is 15.7 Å².